The fourth-order valence-electron chi connectivity index (χ4n) is 0.939. The number of benzene rings is 1. The van der Waals surface area contributed by atoms with Gasteiger partial charge in [-0.15, -0.1) is 0 Å². The first-order valence-electron chi connectivity index (χ1n) is 3.72. The molecule has 1 unspecified atom stereocenters. The third-order valence-electron chi connectivity index (χ3n) is 1.60. The molecule has 1 aromatic rings. The number of nitrogens with zero attached hydrogens (tertiary/aromatic N) is 1. The molecule has 1 aromatic carbocycles. The van der Waals surface area contributed by atoms with Gasteiger partial charge >= 0.3 is 0 Å². The van der Waals surface area contributed by atoms with Gasteiger partial charge in [-0.25, -0.2) is 4.79 Å². The molecule has 0 amide bonds. The van der Waals surface area contributed by atoms with Crippen LogP contribution < -0.4 is 5.43 Å². The average Bonchev–Trinajstić information content (AvgIpc) is 2.15. The molecule has 12 heavy (non-hydrogen) atoms. The minimum atomic E-state index is 0.0487. The highest BCUT2D eigenvalue weighted by molar-refractivity contribution is 5.32. The van der Waals surface area contributed by atoms with E-state index >= 15 is 0 Å². The van der Waals surface area contributed by atoms with Crippen LogP contribution in [-0.2, 0) is 4.79 Å². The second-order valence-electron chi connectivity index (χ2n) is 2.46. The lowest BCUT2D eigenvalue weighted by Crippen LogP contribution is -2.10. The maximum absolute atomic E-state index is 9.79. The van der Waals surface area contributed by atoms with Gasteiger partial charge < -0.3 is 0 Å². The van der Waals surface area contributed by atoms with Gasteiger partial charge in [0.25, 0.3) is 6.08 Å². The van der Waals surface area contributed by atoms with Gasteiger partial charge in [0.15, 0.2) is 0 Å². The lowest BCUT2D eigenvalue weighted by molar-refractivity contribution is 0.544. The quantitative estimate of drug-likeness (QED) is 0.416. The van der Waals surface area contributed by atoms with E-state index in [1.54, 1.807) is 0 Å². The van der Waals surface area contributed by atoms with Crippen LogP contribution in [0, 0.1) is 0 Å². The highest BCUT2D eigenvalue weighted by atomic mass is 16.1. The molecule has 0 aliphatic heterocycles. The van der Waals surface area contributed by atoms with E-state index in [2.05, 4.69) is 10.5 Å². The Balaban J connectivity index is 2.65. The number of hydrogen-bond acceptors (Lipinski definition) is 3. The van der Waals surface area contributed by atoms with E-state index in [4.69, 9.17) is 0 Å². The monoisotopic (exact) mass is 162 g/mol. The standard InChI is InChI=1S/C9H10N2O/c1-8(11-10-7-12)9-5-3-2-4-6-9/h2-6,8,11H,1H3. The molecule has 0 bridgehead atoms. The van der Waals surface area contributed by atoms with Crippen LogP contribution in [-0.4, -0.2) is 6.08 Å². The molecule has 0 spiro atoms. The zero-order valence-electron chi connectivity index (χ0n) is 6.82. The number of carbonyl (C=O) groups excluding carboxylic acids is 1. The SMILES string of the molecule is CC(NN=C=O)c1ccccc1. The molecule has 3 nitrogen and oxygen atoms in total. The number of nitrogens with one attached hydrogen (secondary N) is 1. The van der Waals surface area contributed by atoms with Crippen LogP contribution >= 0.6 is 0 Å². The number of hydrogen-bond donors (Lipinski definition) is 1. The Labute approximate surface area is 71.1 Å². The van der Waals surface area contributed by atoms with Crippen LogP contribution in [0.25, 0.3) is 0 Å². The molecule has 0 saturated heterocycles. The van der Waals surface area contributed by atoms with Crippen molar-refractivity contribution in [2.24, 2.45) is 5.10 Å². The predicted octanol–water partition coefficient (Wildman–Crippen LogP) is 1.59. The third kappa shape index (κ3) is 2.22. The molecule has 0 saturated carbocycles. The summed E-state index contributed by atoms with van der Waals surface area (Å²) in [6.07, 6.45) is 1.43. The molecule has 0 radical (unpaired) electrons. The van der Waals surface area contributed by atoms with E-state index in [1.165, 1.54) is 6.08 Å². The van der Waals surface area contributed by atoms with Crippen LogP contribution in [0.15, 0.2) is 35.4 Å². The smallest absolute Gasteiger partial charge is 0.258 e. The van der Waals surface area contributed by atoms with Gasteiger partial charge in [0.2, 0.25) is 0 Å². The van der Waals surface area contributed by atoms with E-state index < -0.39 is 0 Å². The highest BCUT2D eigenvalue weighted by Crippen LogP contribution is 2.10. The minimum Gasteiger partial charge on any atom is -0.292 e. The van der Waals surface area contributed by atoms with Gasteiger partial charge in [0.1, 0.15) is 0 Å². The van der Waals surface area contributed by atoms with E-state index in [-0.39, 0.29) is 6.04 Å². The van der Waals surface area contributed by atoms with Crippen molar-refractivity contribution in [1.29, 1.82) is 0 Å². The molecule has 0 aliphatic carbocycles. The van der Waals surface area contributed by atoms with Crippen LogP contribution in [0.3, 0.4) is 0 Å². The fourth-order valence-corrected chi connectivity index (χ4v) is 0.939. The summed E-state index contributed by atoms with van der Waals surface area (Å²) in [5, 5.41) is 3.29. The van der Waals surface area contributed by atoms with E-state index in [1.807, 2.05) is 37.3 Å². The van der Waals surface area contributed by atoms with Crippen LogP contribution in [0.1, 0.15) is 18.5 Å². The molecular formula is C9H10N2O. The molecular weight excluding hydrogens is 152 g/mol. The first-order valence-corrected chi connectivity index (χ1v) is 3.72. The lowest BCUT2D eigenvalue weighted by atomic mass is 10.1. The Kier molecular flexibility index (Phi) is 3.05. The summed E-state index contributed by atoms with van der Waals surface area (Å²) in [5.74, 6) is 0. The topological polar surface area (TPSA) is 41.5 Å². The zero-order chi connectivity index (χ0) is 8.81. The first kappa shape index (κ1) is 8.50. The van der Waals surface area contributed by atoms with Gasteiger partial charge in [0, 0.05) is 0 Å². The molecule has 1 rings (SSSR count). The Morgan fingerprint density at radius 2 is 2.08 bits per heavy atom. The predicted molar refractivity (Wildman–Crippen MR) is 46.1 cm³/mol. The normalized spacial score (nSPS) is 11.4. The Morgan fingerprint density at radius 1 is 1.42 bits per heavy atom. The van der Waals surface area contributed by atoms with Crippen molar-refractivity contribution >= 4 is 6.08 Å². The van der Waals surface area contributed by atoms with Crippen LogP contribution in [0.2, 0.25) is 0 Å². The highest BCUT2D eigenvalue weighted by Gasteiger charge is 2.00. The van der Waals surface area contributed by atoms with Crippen molar-refractivity contribution in [3.8, 4) is 0 Å². The first-order chi connectivity index (χ1) is 5.84. The van der Waals surface area contributed by atoms with Crippen LogP contribution in [0.5, 0.6) is 0 Å². The maximum Gasteiger partial charge on any atom is 0.258 e. The van der Waals surface area contributed by atoms with Gasteiger partial charge in [-0.2, -0.15) is 0 Å². The zero-order valence-corrected chi connectivity index (χ0v) is 6.82. The van der Waals surface area contributed by atoms with Gasteiger partial charge in [-0.3, -0.25) is 5.43 Å². The van der Waals surface area contributed by atoms with E-state index in [0.29, 0.717) is 0 Å². The Hall–Kier alpha value is -1.60. The molecule has 62 valence electrons. The van der Waals surface area contributed by atoms with Crippen molar-refractivity contribution in [3.05, 3.63) is 35.9 Å². The Morgan fingerprint density at radius 3 is 2.67 bits per heavy atom. The average molecular weight is 162 g/mol. The number of rotatable bonds is 3. The summed E-state index contributed by atoms with van der Waals surface area (Å²) in [4.78, 5) is 9.79. The van der Waals surface area contributed by atoms with Crippen molar-refractivity contribution in [3.63, 3.8) is 0 Å². The maximum atomic E-state index is 9.79. The van der Waals surface area contributed by atoms with Crippen molar-refractivity contribution < 1.29 is 4.79 Å². The molecule has 1 atom stereocenters. The Bertz CT molecular complexity index is 278. The molecule has 0 aromatic heterocycles. The number of isocyanates is 1. The number of hydrazone groups is 1. The summed E-state index contributed by atoms with van der Waals surface area (Å²) in [6.45, 7) is 1.93. The second-order valence-corrected chi connectivity index (χ2v) is 2.46. The fraction of sp³-hybridized carbons (Fsp3) is 0.222. The van der Waals surface area contributed by atoms with Gasteiger partial charge in [-0.1, -0.05) is 35.4 Å². The molecule has 3 heteroatoms. The van der Waals surface area contributed by atoms with Gasteiger partial charge in [0.05, 0.1) is 6.04 Å². The summed E-state index contributed by atoms with van der Waals surface area (Å²) >= 11 is 0. The summed E-state index contributed by atoms with van der Waals surface area (Å²) in [7, 11) is 0. The summed E-state index contributed by atoms with van der Waals surface area (Å²) < 4.78 is 0. The van der Waals surface area contributed by atoms with E-state index in [0.717, 1.165) is 5.56 Å². The third-order valence-corrected chi connectivity index (χ3v) is 1.60. The molecule has 1 N–H and O–H groups in total. The van der Waals surface area contributed by atoms with Crippen LogP contribution in [0.4, 0.5) is 0 Å². The minimum absolute atomic E-state index is 0.0487. The van der Waals surface area contributed by atoms with Crippen molar-refractivity contribution in [1.82, 2.24) is 5.43 Å². The largest absolute Gasteiger partial charge is 0.292 e. The van der Waals surface area contributed by atoms with Crippen molar-refractivity contribution in [2.75, 3.05) is 0 Å². The van der Waals surface area contributed by atoms with E-state index in [9.17, 15) is 4.79 Å². The summed E-state index contributed by atoms with van der Waals surface area (Å²) in [5.41, 5.74) is 3.74. The second kappa shape index (κ2) is 4.31. The van der Waals surface area contributed by atoms with Crippen molar-refractivity contribution in [2.45, 2.75) is 13.0 Å². The lowest BCUT2D eigenvalue weighted by Gasteiger charge is -2.08. The molecule has 0 heterocycles. The molecule has 0 aliphatic rings. The molecule has 0 fully saturated rings. The summed E-state index contributed by atoms with van der Waals surface area (Å²) in [6, 6.07) is 9.82. The van der Waals surface area contributed by atoms with Gasteiger partial charge in [-0.05, 0) is 12.5 Å².